The number of benzene rings is 1. The molecule has 134 valence electrons. The molecule has 1 aliphatic heterocycles. The molecular formula is C17H16N4O4S. The molecule has 0 N–H and O–H groups in total. The minimum atomic E-state index is -3.60. The van der Waals surface area contributed by atoms with Gasteiger partial charge in [0.2, 0.25) is 15.8 Å². The van der Waals surface area contributed by atoms with Crippen LogP contribution < -0.4 is 0 Å². The number of nitrogens with zero attached hydrogens (tertiary/aromatic N) is 4. The van der Waals surface area contributed by atoms with Crippen LogP contribution in [0.3, 0.4) is 0 Å². The molecule has 1 aliphatic rings. The quantitative estimate of drug-likeness (QED) is 0.690. The average molecular weight is 372 g/mol. The van der Waals surface area contributed by atoms with Crippen LogP contribution in [0.2, 0.25) is 0 Å². The van der Waals surface area contributed by atoms with Crippen molar-refractivity contribution in [2.45, 2.75) is 11.0 Å². The Morgan fingerprint density at radius 1 is 1.08 bits per heavy atom. The van der Waals surface area contributed by atoms with Gasteiger partial charge in [0.15, 0.2) is 6.10 Å². The Bertz CT molecular complexity index is 976. The van der Waals surface area contributed by atoms with Crippen LogP contribution in [0.15, 0.2) is 64.1 Å². The van der Waals surface area contributed by atoms with Gasteiger partial charge in [-0.3, -0.25) is 4.98 Å². The predicted octanol–water partition coefficient (Wildman–Crippen LogP) is 1.89. The van der Waals surface area contributed by atoms with Crippen LogP contribution in [0.1, 0.15) is 12.0 Å². The topological polar surface area (TPSA) is 98.4 Å². The van der Waals surface area contributed by atoms with E-state index < -0.39 is 16.1 Å². The van der Waals surface area contributed by atoms with E-state index in [9.17, 15) is 8.42 Å². The molecule has 1 fully saturated rings. The van der Waals surface area contributed by atoms with E-state index in [0.29, 0.717) is 11.5 Å². The van der Waals surface area contributed by atoms with E-state index >= 15 is 0 Å². The molecule has 1 saturated heterocycles. The first kappa shape index (κ1) is 16.8. The van der Waals surface area contributed by atoms with Gasteiger partial charge in [0.1, 0.15) is 5.69 Å². The maximum absolute atomic E-state index is 12.8. The SMILES string of the molecule is O=S(=O)(c1ccccc1)N1CCOC(c2nc(-c3ccccn3)no2)C1. The summed E-state index contributed by atoms with van der Waals surface area (Å²) in [6.45, 7) is 0.633. The Morgan fingerprint density at radius 3 is 2.65 bits per heavy atom. The van der Waals surface area contributed by atoms with Crippen molar-refractivity contribution in [2.75, 3.05) is 19.7 Å². The molecule has 0 saturated carbocycles. The van der Waals surface area contributed by atoms with Crippen LogP contribution in [0.25, 0.3) is 11.5 Å². The van der Waals surface area contributed by atoms with E-state index in [-0.39, 0.29) is 30.5 Å². The highest BCUT2D eigenvalue weighted by atomic mass is 32.2. The fourth-order valence-corrected chi connectivity index (χ4v) is 4.15. The highest BCUT2D eigenvalue weighted by Gasteiger charge is 2.34. The summed E-state index contributed by atoms with van der Waals surface area (Å²) in [5.41, 5.74) is 0.576. The summed E-state index contributed by atoms with van der Waals surface area (Å²) in [6.07, 6.45) is 1.02. The first-order valence-corrected chi connectivity index (χ1v) is 9.50. The van der Waals surface area contributed by atoms with Gasteiger partial charge in [0.25, 0.3) is 5.89 Å². The number of sulfonamides is 1. The number of morpholine rings is 1. The number of hydrogen-bond acceptors (Lipinski definition) is 7. The summed E-state index contributed by atoms with van der Waals surface area (Å²) in [5, 5.41) is 3.91. The molecule has 3 aromatic rings. The average Bonchev–Trinajstić information content (AvgIpc) is 3.20. The fourth-order valence-electron chi connectivity index (χ4n) is 2.70. The van der Waals surface area contributed by atoms with Gasteiger partial charge in [-0.05, 0) is 24.3 Å². The van der Waals surface area contributed by atoms with Crippen LogP contribution in [-0.4, -0.2) is 47.5 Å². The van der Waals surface area contributed by atoms with Gasteiger partial charge in [-0.1, -0.05) is 29.4 Å². The Kier molecular flexibility index (Phi) is 4.49. The summed E-state index contributed by atoms with van der Waals surface area (Å²) in [7, 11) is -3.60. The predicted molar refractivity (Wildman–Crippen MR) is 91.4 cm³/mol. The molecule has 1 atom stereocenters. The summed E-state index contributed by atoms with van der Waals surface area (Å²) >= 11 is 0. The monoisotopic (exact) mass is 372 g/mol. The first-order chi connectivity index (χ1) is 12.6. The van der Waals surface area contributed by atoms with Crippen molar-refractivity contribution in [3.63, 3.8) is 0 Å². The van der Waals surface area contributed by atoms with Crippen molar-refractivity contribution >= 4 is 10.0 Å². The van der Waals surface area contributed by atoms with Crippen molar-refractivity contribution in [3.05, 3.63) is 60.6 Å². The van der Waals surface area contributed by atoms with Crippen molar-refractivity contribution in [2.24, 2.45) is 0 Å². The number of ether oxygens (including phenoxy) is 1. The Morgan fingerprint density at radius 2 is 1.88 bits per heavy atom. The van der Waals surface area contributed by atoms with E-state index in [0.717, 1.165) is 0 Å². The Hall–Kier alpha value is -2.62. The van der Waals surface area contributed by atoms with Gasteiger partial charge >= 0.3 is 0 Å². The van der Waals surface area contributed by atoms with Gasteiger partial charge < -0.3 is 9.26 Å². The second-order valence-corrected chi connectivity index (χ2v) is 7.64. The maximum Gasteiger partial charge on any atom is 0.257 e. The molecule has 0 bridgehead atoms. The summed E-state index contributed by atoms with van der Waals surface area (Å²) in [5.74, 6) is 0.575. The minimum Gasteiger partial charge on any atom is -0.366 e. The summed E-state index contributed by atoms with van der Waals surface area (Å²) in [4.78, 5) is 8.73. The van der Waals surface area contributed by atoms with Gasteiger partial charge in [-0.15, -0.1) is 0 Å². The molecule has 1 unspecified atom stereocenters. The zero-order chi connectivity index (χ0) is 18.0. The van der Waals surface area contributed by atoms with E-state index in [4.69, 9.17) is 9.26 Å². The van der Waals surface area contributed by atoms with Crippen LogP contribution in [0.4, 0.5) is 0 Å². The van der Waals surface area contributed by atoms with Crippen LogP contribution in [0.5, 0.6) is 0 Å². The number of aromatic nitrogens is 3. The zero-order valence-corrected chi connectivity index (χ0v) is 14.5. The fraction of sp³-hybridized carbons (Fsp3) is 0.235. The van der Waals surface area contributed by atoms with Crippen LogP contribution in [-0.2, 0) is 14.8 Å². The molecule has 3 heterocycles. The lowest BCUT2D eigenvalue weighted by Crippen LogP contribution is -2.42. The normalized spacial score (nSPS) is 18.7. The Balaban J connectivity index is 1.55. The molecule has 0 amide bonds. The van der Waals surface area contributed by atoms with Crippen molar-refractivity contribution in [1.29, 1.82) is 0 Å². The second kappa shape index (κ2) is 6.94. The molecule has 8 nitrogen and oxygen atoms in total. The lowest BCUT2D eigenvalue weighted by Gasteiger charge is -2.30. The van der Waals surface area contributed by atoms with Gasteiger partial charge in [-0.2, -0.15) is 9.29 Å². The van der Waals surface area contributed by atoms with Gasteiger partial charge in [0.05, 0.1) is 11.5 Å². The van der Waals surface area contributed by atoms with Gasteiger partial charge in [0, 0.05) is 19.3 Å². The highest BCUT2D eigenvalue weighted by molar-refractivity contribution is 7.89. The molecule has 0 aliphatic carbocycles. The standard InChI is InChI=1S/C17H16N4O4S/c22-26(23,13-6-2-1-3-7-13)21-10-11-24-15(12-21)17-19-16(20-25-17)14-8-4-5-9-18-14/h1-9,15H,10-12H2. The summed E-state index contributed by atoms with van der Waals surface area (Å²) < 4.78 is 37.9. The first-order valence-electron chi connectivity index (χ1n) is 8.06. The number of hydrogen-bond donors (Lipinski definition) is 0. The lowest BCUT2D eigenvalue weighted by molar-refractivity contribution is -0.0199. The van der Waals surface area contributed by atoms with E-state index in [1.165, 1.54) is 4.31 Å². The molecule has 4 rings (SSSR count). The minimum absolute atomic E-state index is 0.112. The third-order valence-electron chi connectivity index (χ3n) is 4.02. The maximum atomic E-state index is 12.8. The van der Waals surface area contributed by atoms with E-state index in [1.54, 1.807) is 48.7 Å². The third-order valence-corrected chi connectivity index (χ3v) is 5.90. The number of pyridine rings is 1. The van der Waals surface area contributed by atoms with Gasteiger partial charge in [-0.25, -0.2) is 8.42 Å². The lowest BCUT2D eigenvalue weighted by atomic mass is 10.3. The Labute approximate surface area is 150 Å². The molecule has 0 spiro atoms. The molecular weight excluding hydrogens is 356 g/mol. The molecule has 9 heteroatoms. The molecule has 0 radical (unpaired) electrons. The van der Waals surface area contributed by atoms with E-state index in [1.807, 2.05) is 6.07 Å². The third kappa shape index (κ3) is 3.24. The molecule has 1 aromatic carbocycles. The second-order valence-electron chi connectivity index (χ2n) is 5.71. The zero-order valence-electron chi connectivity index (χ0n) is 13.7. The summed E-state index contributed by atoms with van der Waals surface area (Å²) in [6, 6.07) is 13.7. The number of rotatable bonds is 4. The largest absolute Gasteiger partial charge is 0.366 e. The van der Waals surface area contributed by atoms with Crippen LogP contribution in [0, 0.1) is 0 Å². The van der Waals surface area contributed by atoms with Crippen molar-refractivity contribution in [1.82, 2.24) is 19.4 Å². The highest BCUT2D eigenvalue weighted by Crippen LogP contribution is 2.26. The molecule has 2 aromatic heterocycles. The van der Waals surface area contributed by atoms with Crippen molar-refractivity contribution in [3.8, 4) is 11.5 Å². The van der Waals surface area contributed by atoms with Crippen molar-refractivity contribution < 1.29 is 17.7 Å². The van der Waals surface area contributed by atoms with Crippen LogP contribution >= 0.6 is 0 Å². The van der Waals surface area contributed by atoms with E-state index in [2.05, 4.69) is 15.1 Å². The molecule has 26 heavy (non-hydrogen) atoms. The smallest absolute Gasteiger partial charge is 0.257 e.